The summed E-state index contributed by atoms with van der Waals surface area (Å²) < 4.78 is 11.7. The molecule has 11 heteroatoms. The Hall–Kier alpha value is -3.96. The van der Waals surface area contributed by atoms with Gasteiger partial charge in [0.15, 0.2) is 0 Å². The summed E-state index contributed by atoms with van der Waals surface area (Å²) in [4.78, 5) is 49.3. The molecular weight excluding hydrogens is 552 g/mol. The van der Waals surface area contributed by atoms with E-state index in [4.69, 9.17) is 14.6 Å². The Kier molecular flexibility index (Phi) is 13.9. The zero-order chi connectivity index (χ0) is 31.0. The maximum absolute atomic E-state index is 13.4. The maximum Gasteiger partial charge on any atom is 0.303 e. The first-order chi connectivity index (χ1) is 20.7. The number of rotatable bonds is 17. The minimum absolute atomic E-state index is 0.128. The van der Waals surface area contributed by atoms with Crippen LogP contribution in [0.2, 0.25) is 0 Å². The number of ether oxygens (including phenoxy) is 2. The Balaban J connectivity index is 1.63. The van der Waals surface area contributed by atoms with Crippen molar-refractivity contribution in [1.82, 2.24) is 21.3 Å². The van der Waals surface area contributed by atoms with Crippen molar-refractivity contribution in [1.29, 1.82) is 0 Å². The lowest BCUT2D eigenvalue weighted by atomic mass is 10.0. The lowest BCUT2D eigenvalue weighted by Crippen LogP contribution is -2.53. The Morgan fingerprint density at radius 1 is 1.05 bits per heavy atom. The van der Waals surface area contributed by atoms with Gasteiger partial charge in [-0.05, 0) is 61.4 Å². The molecule has 0 aromatic heterocycles. The summed E-state index contributed by atoms with van der Waals surface area (Å²) >= 11 is 0. The van der Waals surface area contributed by atoms with E-state index in [1.165, 1.54) is 6.92 Å². The van der Waals surface area contributed by atoms with Crippen molar-refractivity contribution in [3.63, 3.8) is 0 Å². The van der Waals surface area contributed by atoms with Crippen LogP contribution in [-0.4, -0.2) is 73.3 Å². The predicted octanol–water partition coefficient (Wildman–Crippen LogP) is 2.25. The Bertz CT molecular complexity index is 1200. The fourth-order valence-corrected chi connectivity index (χ4v) is 4.82. The van der Waals surface area contributed by atoms with E-state index in [1.807, 2.05) is 55.5 Å². The van der Waals surface area contributed by atoms with Gasteiger partial charge in [-0.1, -0.05) is 36.4 Å². The van der Waals surface area contributed by atoms with E-state index in [-0.39, 0.29) is 37.8 Å². The van der Waals surface area contributed by atoms with Crippen molar-refractivity contribution in [3.05, 3.63) is 65.2 Å². The highest BCUT2D eigenvalue weighted by molar-refractivity contribution is 5.91. The molecule has 1 fully saturated rings. The second kappa shape index (κ2) is 17.9. The van der Waals surface area contributed by atoms with E-state index in [0.717, 1.165) is 36.2 Å². The molecule has 11 nitrogen and oxygen atoms in total. The summed E-state index contributed by atoms with van der Waals surface area (Å²) in [6.45, 7) is 6.37. The van der Waals surface area contributed by atoms with E-state index in [2.05, 4.69) is 21.3 Å². The fraction of sp³-hybridized carbons (Fsp3) is 0.500. The molecule has 0 saturated carbocycles. The zero-order valence-electron chi connectivity index (χ0n) is 25.0. The van der Waals surface area contributed by atoms with Crippen LogP contribution in [0.5, 0.6) is 5.75 Å². The van der Waals surface area contributed by atoms with Crippen molar-refractivity contribution >= 4 is 23.7 Å². The minimum Gasteiger partial charge on any atom is -0.493 e. The van der Waals surface area contributed by atoms with Crippen LogP contribution in [0, 0.1) is 6.92 Å². The van der Waals surface area contributed by atoms with Crippen molar-refractivity contribution in [2.75, 3.05) is 26.3 Å². The molecule has 0 bridgehead atoms. The Labute approximate surface area is 253 Å². The topological polar surface area (TPSA) is 155 Å². The van der Waals surface area contributed by atoms with E-state index in [0.29, 0.717) is 31.8 Å². The second-order valence-corrected chi connectivity index (χ2v) is 10.8. The first-order valence-electron chi connectivity index (χ1n) is 14.9. The molecule has 0 aliphatic carbocycles. The van der Waals surface area contributed by atoms with Crippen LogP contribution in [-0.2, 0) is 36.9 Å². The number of hydrogen-bond donors (Lipinski definition) is 5. The van der Waals surface area contributed by atoms with Crippen LogP contribution in [0.15, 0.2) is 48.5 Å². The summed E-state index contributed by atoms with van der Waals surface area (Å²) in [6, 6.07) is 13.6. The first-order valence-corrected chi connectivity index (χ1v) is 14.9. The first kappa shape index (κ1) is 33.5. The number of carboxylic acids is 1. The molecular formula is C32H44N4O7. The average Bonchev–Trinajstić information content (AvgIpc) is 2.99. The van der Waals surface area contributed by atoms with E-state index in [9.17, 15) is 19.2 Å². The predicted molar refractivity (Wildman–Crippen MR) is 162 cm³/mol. The van der Waals surface area contributed by atoms with E-state index >= 15 is 0 Å². The SMILES string of the molecule is CC(=O)NC(CCCC(=O)O)C(=O)NC(CCc1ccccc1)C(=O)NCc1cc(OCCC2CNCCO2)ccc1C. The number of carbonyl (C=O) groups is 4. The summed E-state index contributed by atoms with van der Waals surface area (Å²) in [6.07, 6.45) is 2.00. The van der Waals surface area contributed by atoms with Crippen molar-refractivity contribution in [2.24, 2.45) is 0 Å². The molecule has 3 atom stereocenters. The van der Waals surface area contributed by atoms with Crippen LogP contribution in [0.25, 0.3) is 0 Å². The number of benzene rings is 2. The molecule has 5 N–H and O–H groups in total. The highest BCUT2D eigenvalue weighted by Crippen LogP contribution is 2.18. The number of aryl methyl sites for hydroxylation is 2. The normalized spacial score (nSPS) is 16.0. The van der Waals surface area contributed by atoms with Gasteiger partial charge in [0.05, 0.1) is 19.3 Å². The van der Waals surface area contributed by atoms with Crippen LogP contribution in [0.4, 0.5) is 0 Å². The molecule has 3 amide bonds. The number of morpholine rings is 1. The summed E-state index contributed by atoms with van der Waals surface area (Å²) in [7, 11) is 0. The molecule has 3 rings (SSSR count). The van der Waals surface area contributed by atoms with Gasteiger partial charge in [0.1, 0.15) is 17.8 Å². The third-order valence-corrected chi connectivity index (χ3v) is 7.26. The smallest absolute Gasteiger partial charge is 0.303 e. The highest BCUT2D eigenvalue weighted by atomic mass is 16.5. The molecule has 43 heavy (non-hydrogen) atoms. The summed E-state index contributed by atoms with van der Waals surface area (Å²) in [5.74, 6) is -1.59. The number of hydrogen-bond acceptors (Lipinski definition) is 7. The van der Waals surface area contributed by atoms with Crippen LogP contribution in [0.1, 0.15) is 55.7 Å². The standard InChI is InChI=1S/C32H44N4O7/c1-22-11-13-26(42-17-15-27-21-33-16-18-43-27)19-25(22)20-34-31(40)29(14-12-24-7-4-3-5-8-24)36-32(41)28(35-23(2)37)9-6-10-30(38)39/h3-5,7-8,11,13,19,27-29,33H,6,9-10,12,14-18,20-21H2,1-2H3,(H,34,40)(H,35,37)(H,36,41)(H,38,39). The maximum atomic E-state index is 13.4. The van der Waals surface area contributed by atoms with Crippen molar-refractivity contribution in [3.8, 4) is 5.75 Å². The molecule has 0 spiro atoms. The fourth-order valence-electron chi connectivity index (χ4n) is 4.82. The lowest BCUT2D eigenvalue weighted by molar-refractivity contribution is -0.137. The van der Waals surface area contributed by atoms with Gasteiger partial charge in [-0.3, -0.25) is 19.2 Å². The number of carboxylic acid groups (broad SMARTS) is 1. The molecule has 2 aromatic carbocycles. The van der Waals surface area contributed by atoms with E-state index in [1.54, 1.807) is 0 Å². The largest absolute Gasteiger partial charge is 0.493 e. The number of carbonyl (C=O) groups excluding carboxylic acids is 3. The molecule has 0 radical (unpaired) electrons. The number of amides is 3. The van der Waals surface area contributed by atoms with E-state index < -0.39 is 29.9 Å². The zero-order valence-corrected chi connectivity index (χ0v) is 25.0. The average molecular weight is 597 g/mol. The monoisotopic (exact) mass is 596 g/mol. The van der Waals surface area contributed by atoms with Crippen LogP contribution >= 0.6 is 0 Å². The Morgan fingerprint density at radius 2 is 1.81 bits per heavy atom. The minimum atomic E-state index is -0.984. The van der Waals surface area contributed by atoms with Gasteiger partial charge in [-0.15, -0.1) is 0 Å². The van der Waals surface area contributed by atoms with Crippen LogP contribution < -0.4 is 26.0 Å². The second-order valence-electron chi connectivity index (χ2n) is 10.8. The van der Waals surface area contributed by atoms with Gasteiger partial charge < -0.3 is 35.8 Å². The van der Waals surface area contributed by atoms with Crippen molar-refractivity contribution < 1.29 is 33.8 Å². The van der Waals surface area contributed by atoms with Gasteiger partial charge in [-0.2, -0.15) is 0 Å². The van der Waals surface area contributed by atoms with Crippen molar-refractivity contribution in [2.45, 2.75) is 77.1 Å². The Morgan fingerprint density at radius 3 is 2.51 bits per heavy atom. The highest BCUT2D eigenvalue weighted by Gasteiger charge is 2.26. The molecule has 234 valence electrons. The van der Waals surface area contributed by atoms with Gasteiger partial charge in [0, 0.05) is 39.4 Å². The quantitative estimate of drug-likeness (QED) is 0.186. The third kappa shape index (κ3) is 12.4. The molecule has 1 saturated heterocycles. The third-order valence-electron chi connectivity index (χ3n) is 7.26. The number of nitrogens with one attached hydrogen (secondary N) is 4. The molecule has 3 unspecified atom stereocenters. The number of aliphatic carboxylic acids is 1. The van der Waals surface area contributed by atoms with Gasteiger partial charge in [-0.25, -0.2) is 0 Å². The molecule has 2 aromatic rings. The molecule has 1 aliphatic rings. The van der Waals surface area contributed by atoms with Crippen LogP contribution in [0.3, 0.4) is 0 Å². The van der Waals surface area contributed by atoms with Gasteiger partial charge >= 0.3 is 5.97 Å². The molecule has 1 aliphatic heterocycles. The van der Waals surface area contributed by atoms with Gasteiger partial charge in [0.2, 0.25) is 17.7 Å². The summed E-state index contributed by atoms with van der Waals surface area (Å²) in [5, 5.41) is 20.6. The lowest BCUT2D eigenvalue weighted by Gasteiger charge is -2.24. The van der Waals surface area contributed by atoms with Gasteiger partial charge in [0.25, 0.3) is 0 Å². The molecule has 1 heterocycles. The summed E-state index contributed by atoms with van der Waals surface area (Å²) in [5.41, 5.74) is 2.89.